The Morgan fingerprint density at radius 1 is 1.04 bits per heavy atom. The lowest BCUT2D eigenvalue weighted by atomic mass is 10.1. The molecule has 6 heteroatoms. The first-order valence-electron chi connectivity index (χ1n) is 8.02. The lowest BCUT2D eigenvalue weighted by Gasteiger charge is -2.05. The zero-order chi connectivity index (χ0) is 17.9. The molecule has 0 aliphatic rings. The van der Waals surface area contributed by atoms with Gasteiger partial charge < -0.3 is 10.1 Å². The van der Waals surface area contributed by atoms with Crippen molar-refractivity contribution in [3.05, 3.63) is 59.7 Å². The van der Waals surface area contributed by atoms with Gasteiger partial charge in [0.05, 0.1) is 23.0 Å². The van der Waals surface area contributed by atoms with Crippen molar-refractivity contribution in [2.45, 2.75) is 13.3 Å². The van der Waals surface area contributed by atoms with E-state index in [1.165, 1.54) is 12.5 Å². The van der Waals surface area contributed by atoms with Crippen molar-refractivity contribution in [1.29, 1.82) is 5.26 Å². The number of nitrogens with one attached hydrogen (secondary N) is 1. The first-order valence-corrected chi connectivity index (χ1v) is 8.02. The average Bonchev–Trinajstić information content (AvgIpc) is 2.64. The van der Waals surface area contributed by atoms with E-state index in [9.17, 15) is 4.79 Å². The summed E-state index contributed by atoms with van der Waals surface area (Å²) in [4.78, 5) is 10.6. The van der Waals surface area contributed by atoms with E-state index in [1.807, 2.05) is 24.3 Å². The molecule has 0 saturated heterocycles. The van der Waals surface area contributed by atoms with Crippen LogP contribution in [0.1, 0.15) is 18.1 Å². The van der Waals surface area contributed by atoms with Crippen LogP contribution in [0.2, 0.25) is 0 Å². The molecule has 0 fully saturated rings. The van der Waals surface area contributed by atoms with Gasteiger partial charge in [0.1, 0.15) is 6.61 Å². The maximum absolute atomic E-state index is 10.6. The maximum atomic E-state index is 10.6. The molecular weight excluding hydrogens is 316 g/mol. The van der Waals surface area contributed by atoms with Crippen LogP contribution in [0.5, 0.6) is 0 Å². The summed E-state index contributed by atoms with van der Waals surface area (Å²) in [6.07, 6.45) is 0.882. The first-order chi connectivity index (χ1) is 12.2. The molecule has 0 spiro atoms. The normalized spacial score (nSPS) is 10.6. The molecule has 2 rings (SSSR count). The van der Waals surface area contributed by atoms with Crippen LogP contribution in [-0.4, -0.2) is 25.7 Å². The van der Waals surface area contributed by atoms with Crippen LogP contribution >= 0.6 is 0 Å². The van der Waals surface area contributed by atoms with Gasteiger partial charge in [-0.25, -0.2) is 0 Å². The molecular formula is C19H20N4O2. The molecule has 0 amide bonds. The van der Waals surface area contributed by atoms with E-state index in [0.717, 1.165) is 18.7 Å². The fourth-order valence-electron chi connectivity index (χ4n) is 2.07. The third-order valence-corrected chi connectivity index (χ3v) is 3.39. The standard InChI is InChI=1S/C19H20N4O2/c1-15(24)25-13-12-21-11-10-16-2-6-18(7-3-16)22-23-19-8-4-17(14-20)5-9-19/h2-9,21H,10-13H2,1H3. The van der Waals surface area contributed by atoms with Crippen molar-refractivity contribution < 1.29 is 9.53 Å². The molecule has 2 aromatic carbocycles. The number of esters is 1. The molecule has 128 valence electrons. The van der Waals surface area contributed by atoms with Crippen LogP contribution in [0, 0.1) is 11.3 Å². The number of nitriles is 1. The molecule has 2 aromatic rings. The Morgan fingerprint density at radius 2 is 1.64 bits per heavy atom. The van der Waals surface area contributed by atoms with E-state index in [0.29, 0.717) is 24.4 Å². The minimum Gasteiger partial charge on any atom is -0.465 e. The first kappa shape index (κ1) is 18.3. The molecule has 25 heavy (non-hydrogen) atoms. The monoisotopic (exact) mass is 336 g/mol. The summed E-state index contributed by atoms with van der Waals surface area (Å²) in [5.41, 5.74) is 3.28. The summed E-state index contributed by atoms with van der Waals surface area (Å²) in [5.74, 6) is -0.257. The molecule has 0 saturated carbocycles. The highest BCUT2D eigenvalue weighted by Gasteiger charge is 1.96. The van der Waals surface area contributed by atoms with Gasteiger partial charge in [0, 0.05) is 13.5 Å². The molecule has 0 unspecified atom stereocenters. The highest BCUT2D eigenvalue weighted by atomic mass is 16.5. The molecule has 0 aliphatic heterocycles. The number of azo groups is 1. The summed E-state index contributed by atoms with van der Waals surface area (Å²) in [7, 11) is 0. The molecule has 0 atom stereocenters. The topological polar surface area (TPSA) is 86.8 Å². The van der Waals surface area contributed by atoms with Crippen molar-refractivity contribution in [3.8, 4) is 6.07 Å². The Balaban J connectivity index is 1.76. The molecule has 6 nitrogen and oxygen atoms in total. The summed E-state index contributed by atoms with van der Waals surface area (Å²) in [5, 5.41) is 20.3. The van der Waals surface area contributed by atoms with Crippen LogP contribution in [0.3, 0.4) is 0 Å². The van der Waals surface area contributed by atoms with E-state index in [2.05, 4.69) is 21.6 Å². The highest BCUT2D eigenvalue weighted by molar-refractivity contribution is 5.65. The van der Waals surface area contributed by atoms with Crippen molar-refractivity contribution in [1.82, 2.24) is 5.32 Å². The van der Waals surface area contributed by atoms with Gasteiger partial charge in [-0.15, -0.1) is 0 Å². The molecule has 0 heterocycles. The third-order valence-electron chi connectivity index (χ3n) is 3.39. The number of rotatable bonds is 8. The lowest BCUT2D eigenvalue weighted by molar-refractivity contribution is -0.140. The van der Waals surface area contributed by atoms with Gasteiger partial charge in [0.15, 0.2) is 0 Å². The third kappa shape index (κ3) is 6.94. The SMILES string of the molecule is CC(=O)OCCNCCc1ccc(N=Nc2ccc(C#N)cc2)cc1. The number of hydrogen-bond donors (Lipinski definition) is 1. The van der Waals surface area contributed by atoms with Gasteiger partial charge in [-0.05, 0) is 54.9 Å². The number of nitrogens with zero attached hydrogens (tertiary/aromatic N) is 3. The van der Waals surface area contributed by atoms with E-state index in [1.54, 1.807) is 24.3 Å². The van der Waals surface area contributed by atoms with E-state index < -0.39 is 0 Å². The number of ether oxygens (including phenoxy) is 1. The fraction of sp³-hybridized carbons (Fsp3) is 0.263. The number of hydrogen-bond acceptors (Lipinski definition) is 6. The van der Waals surface area contributed by atoms with E-state index >= 15 is 0 Å². The van der Waals surface area contributed by atoms with Crippen LogP contribution < -0.4 is 5.32 Å². The molecule has 0 aliphatic carbocycles. The number of carbonyl (C=O) groups is 1. The van der Waals surface area contributed by atoms with Crippen LogP contribution in [0.25, 0.3) is 0 Å². The Labute approximate surface area is 147 Å². The molecule has 0 aromatic heterocycles. The van der Waals surface area contributed by atoms with Gasteiger partial charge >= 0.3 is 5.97 Å². The highest BCUT2D eigenvalue weighted by Crippen LogP contribution is 2.19. The van der Waals surface area contributed by atoms with Gasteiger partial charge in [0.2, 0.25) is 0 Å². The van der Waals surface area contributed by atoms with Crippen LogP contribution in [0.4, 0.5) is 11.4 Å². The van der Waals surface area contributed by atoms with Gasteiger partial charge in [-0.3, -0.25) is 4.79 Å². The Hall–Kier alpha value is -3.04. The van der Waals surface area contributed by atoms with Gasteiger partial charge in [-0.1, -0.05) is 12.1 Å². The molecule has 0 bridgehead atoms. The average molecular weight is 336 g/mol. The summed E-state index contributed by atoms with van der Waals surface area (Å²) >= 11 is 0. The van der Waals surface area contributed by atoms with Crippen molar-refractivity contribution >= 4 is 17.3 Å². The number of carbonyl (C=O) groups excluding carboxylic acids is 1. The Kier molecular flexibility index (Phi) is 7.29. The predicted octanol–water partition coefficient (Wildman–Crippen LogP) is 3.67. The molecule has 1 N–H and O–H groups in total. The van der Waals surface area contributed by atoms with Gasteiger partial charge in [0.25, 0.3) is 0 Å². The van der Waals surface area contributed by atoms with E-state index in [-0.39, 0.29) is 5.97 Å². The van der Waals surface area contributed by atoms with Crippen molar-refractivity contribution in [3.63, 3.8) is 0 Å². The second kappa shape index (κ2) is 9.96. The molecule has 0 radical (unpaired) electrons. The minimum absolute atomic E-state index is 0.257. The van der Waals surface area contributed by atoms with Gasteiger partial charge in [-0.2, -0.15) is 15.5 Å². The minimum atomic E-state index is -0.257. The zero-order valence-corrected chi connectivity index (χ0v) is 14.1. The second-order valence-electron chi connectivity index (χ2n) is 5.37. The van der Waals surface area contributed by atoms with Crippen molar-refractivity contribution in [2.24, 2.45) is 10.2 Å². The van der Waals surface area contributed by atoms with Crippen LogP contribution in [-0.2, 0) is 16.0 Å². The fourth-order valence-corrected chi connectivity index (χ4v) is 2.07. The van der Waals surface area contributed by atoms with Crippen LogP contribution in [0.15, 0.2) is 58.8 Å². The van der Waals surface area contributed by atoms with Crippen molar-refractivity contribution in [2.75, 3.05) is 19.7 Å². The van der Waals surface area contributed by atoms with E-state index in [4.69, 9.17) is 10.00 Å². The maximum Gasteiger partial charge on any atom is 0.302 e. The predicted molar refractivity (Wildman–Crippen MR) is 95.0 cm³/mol. The summed E-state index contributed by atoms with van der Waals surface area (Å²) < 4.78 is 4.85. The Morgan fingerprint density at radius 3 is 2.20 bits per heavy atom. The lowest BCUT2D eigenvalue weighted by Crippen LogP contribution is -2.23. The quantitative estimate of drug-likeness (QED) is 0.453. The smallest absolute Gasteiger partial charge is 0.302 e. The number of benzene rings is 2. The zero-order valence-electron chi connectivity index (χ0n) is 14.1. The summed E-state index contributed by atoms with van der Waals surface area (Å²) in [6.45, 7) is 3.26. The second-order valence-corrected chi connectivity index (χ2v) is 5.37. The summed E-state index contributed by atoms with van der Waals surface area (Å²) in [6, 6.07) is 16.9. The Bertz CT molecular complexity index is 746. The largest absolute Gasteiger partial charge is 0.465 e.